The van der Waals surface area contributed by atoms with Crippen LogP contribution in [0.1, 0.15) is 41.6 Å². The molecule has 1 amide bonds. The van der Waals surface area contributed by atoms with Gasteiger partial charge in [-0.15, -0.1) is 10.2 Å². The quantitative estimate of drug-likeness (QED) is 0.893. The smallest absolute Gasteiger partial charge is 0.276 e. The molecule has 26 heavy (non-hydrogen) atoms. The Morgan fingerprint density at radius 1 is 1.15 bits per heavy atom. The highest BCUT2D eigenvalue weighted by Crippen LogP contribution is 2.25. The van der Waals surface area contributed by atoms with Gasteiger partial charge in [0.05, 0.1) is 0 Å². The lowest BCUT2D eigenvalue weighted by Gasteiger charge is -2.35. The van der Waals surface area contributed by atoms with Crippen LogP contribution in [0.25, 0.3) is 0 Å². The Hall–Kier alpha value is -2.64. The molecular weight excluding hydrogens is 332 g/mol. The molecule has 0 bridgehead atoms. The lowest BCUT2D eigenvalue weighted by atomic mass is 9.96. The first-order chi connectivity index (χ1) is 12.8. The maximum atomic E-state index is 12.8. The van der Waals surface area contributed by atoms with Crippen LogP contribution in [0.5, 0.6) is 0 Å². The average molecular weight is 356 g/mol. The molecule has 0 atom stereocenters. The minimum atomic E-state index is -0.00914. The van der Waals surface area contributed by atoms with Crippen LogP contribution in [-0.2, 0) is 12.8 Å². The molecule has 2 aromatic rings. The zero-order valence-electron chi connectivity index (χ0n) is 15.1. The van der Waals surface area contributed by atoms with Crippen molar-refractivity contribution in [2.45, 2.75) is 32.6 Å². The van der Waals surface area contributed by atoms with Crippen molar-refractivity contribution >= 4 is 17.5 Å². The van der Waals surface area contributed by atoms with Gasteiger partial charge >= 0.3 is 0 Å². The van der Waals surface area contributed by atoms with E-state index in [0.717, 1.165) is 68.3 Å². The average Bonchev–Trinajstić information content (AvgIpc) is 3.13. The summed E-state index contributed by atoms with van der Waals surface area (Å²) in [6.07, 6.45) is 4.00. The maximum Gasteiger partial charge on any atom is 0.276 e. The van der Waals surface area contributed by atoms with E-state index in [1.165, 1.54) is 0 Å². The molecule has 1 N–H and O–H groups in total. The molecule has 1 saturated heterocycles. The summed E-state index contributed by atoms with van der Waals surface area (Å²) in [5.74, 6) is 2.51. The van der Waals surface area contributed by atoms with Crippen molar-refractivity contribution in [2.75, 3.05) is 42.9 Å². The molecule has 1 aliphatic heterocycles. The molecule has 0 unspecified atom stereocenters. The number of hydrogen-bond acceptors (Lipinski definition) is 7. The SMILES string of the molecule is CCNc1ccc(N2CCN(C(=O)c3noc4c3CCCC4)CC2)nn1. The standard InChI is InChI=1S/C18H24N6O2/c1-2-19-15-7-8-16(21-20-15)23-9-11-24(12-10-23)18(25)17-13-5-3-4-6-14(13)26-22-17/h7-8H,2-6,9-12H2,1H3,(H,19,20). The van der Waals surface area contributed by atoms with Crippen molar-refractivity contribution in [3.63, 3.8) is 0 Å². The van der Waals surface area contributed by atoms with E-state index in [0.29, 0.717) is 18.8 Å². The second-order valence-corrected chi connectivity index (χ2v) is 6.73. The van der Waals surface area contributed by atoms with Crippen molar-refractivity contribution < 1.29 is 9.32 Å². The fourth-order valence-corrected chi connectivity index (χ4v) is 3.61. The fourth-order valence-electron chi connectivity index (χ4n) is 3.61. The molecule has 0 aromatic carbocycles. The van der Waals surface area contributed by atoms with Gasteiger partial charge in [-0.3, -0.25) is 4.79 Å². The minimum absolute atomic E-state index is 0.00914. The molecular formula is C18H24N6O2. The van der Waals surface area contributed by atoms with Crippen LogP contribution in [0.15, 0.2) is 16.7 Å². The normalized spacial score (nSPS) is 17.1. The third-order valence-corrected chi connectivity index (χ3v) is 5.05. The molecule has 8 heteroatoms. The number of aromatic nitrogens is 3. The first-order valence-electron chi connectivity index (χ1n) is 9.35. The van der Waals surface area contributed by atoms with Crippen LogP contribution in [-0.4, -0.2) is 58.9 Å². The van der Waals surface area contributed by atoms with Crippen LogP contribution >= 0.6 is 0 Å². The second kappa shape index (κ2) is 7.31. The second-order valence-electron chi connectivity index (χ2n) is 6.73. The summed E-state index contributed by atoms with van der Waals surface area (Å²) in [6.45, 7) is 5.62. The Morgan fingerprint density at radius 3 is 2.69 bits per heavy atom. The summed E-state index contributed by atoms with van der Waals surface area (Å²) in [5.41, 5.74) is 1.54. The van der Waals surface area contributed by atoms with E-state index in [1.807, 2.05) is 24.0 Å². The summed E-state index contributed by atoms with van der Waals surface area (Å²) >= 11 is 0. The van der Waals surface area contributed by atoms with E-state index in [4.69, 9.17) is 4.52 Å². The lowest BCUT2D eigenvalue weighted by molar-refractivity contribution is 0.0735. The third kappa shape index (κ3) is 3.23. The summed E-state index contributed by atoms with van der Waals surface area (Å²) in [4.78, 5) is 16.9. The van der Waals surface area contributed by atoms with E-state index in [2.05, 4.69) is 25.6 Å². The number of piperazine rings is 1. The number of fused-ring (bicyclic) bond motifs is 1. The monoisotopic (exact) mass is 356 g/mol. The Kier molecular flexibility index (Phi) is 4.73. The van der Waals surface area contributed by atoms with Gasteiger partial charge in [0.1, 0.15) is 11.6 Å². The Labute approximate surface area is 152 Å². The van der Waals surface area contributed by atoms with E-state index >= 15 is 0 Å². The van der Waals surface area contributed by atoms with Gasteiger partial charge in [0.2, 0.25) is 0 Å². The number of anilines is 2. The molecule has 2 aliphatic rings. The Bertz CT molecular complexity index is 764. The highest BCUT2D eigenvalue weighted by atomic mass is 16.5. The zero-order valence-corrected chi connectivity index (χ0v) is 15.1. The van der Waals surface area contributed by atoms with Gasteiger partial charge in [0.15, 0.2) is 11.5 Å². The molecule has 4 rings (SSSR count). The third-order valence-electron chi connectivity index (χ3n) is 5.05. The zero-order chi connectivity index (χ0) is 17.9. The Balaban J connectivity index is 1.38. The largest absolute Gasteiger partial charge is 0.369 e. The van der Waals surface area contributed by atoms with Gasteiger partial charge in [0.25, 0.3) is 5.91 Å². The number of aryl methyl sites for hydroxylation is 1. The van der Waals surface area contributed by atoms with Crippen LogP contribution in [0.2, 0.25) is 0 Å². The molecule has 0 saturated carbocycles. The number of nitrogens with one attached hydrogen (secondary N) is 1. The van der Waals surface area contributed by atoms with Gasteiger partial charge in [-0.25, -0.2) is 0 Å². The molecule has 0 spiro atoms. The van der Waals surface area contributed by atoms with Gasteiger partial charge in [-0.2, -0.15) is 0 Å². The summed E-state index contributed by atoms with van der Waals surface area (Å²) in [6, 6.07) is 3.90. The molecule has 2 aromatic heterocycles. The van der Waals surface area contributed by atoms with Gasteiger partial charge in [-0.05, 0) is 38.3 Å². The van der Waals surface area contributed by atoms with Crippen molar-refractivity contribution in [3.05, 3.63) is 29.2 Å². The molecule has 1 aliphatic carbocycles. The van der Waals surface area contributed by atoms with Crippen LogP contribution in [0, 0.1) is 0 Å². The Morgan fingerprint density at radius 2 is 1.96 bits per heavy atom. The van der Waals surface area contributed by atoms with E-state index in [9.17, 15) is 4.79 Å². The highest BCUT2D eigenvalue weighted by Gasteiger charge is 2.29. The predicted octanol–water partition coefficient (Wildman–Crippen LogP) is 1.74. The number of nitrogens with zero attached hydrogens (tertiary/aromatic N) is 5. The maximum absolute atomic E-state index is 12.8. The molecule has 138 valence electrons. The highest BCUT2D eigenvalue weighted by molar-refractivity contribution is 5.94. The first-order valence-corrected chi connectivity index (χ1v) is 9.35. The van der Waals surface area contributed by atoms with Crippen molar-refractivity contribution in [1.29, 1.82) is 0 Å². The fraction of sp³-hybridized carbons (Fsp3) is 0.556. The lowest BCUT2D eigenvalue weighted by Crippen LogP contribution is -2.49. The molecule has 8 nitrogen and oxygen atoms in total. The summed E-state index contributed by atoms with van der Waals surface area (Å²) in [5, 5.41) is 15.7. The van der Waals surface area contributed by atoms with Crippen LogP contribution in [0.4, 0.5) is 11.6 Å². The van der Waals surface area contributed by atoms with E-state index in [-0.39, 0.29) is 5.91 Å². The van der Waals surface area contributed by atoms with E-state index in [1.54, 1.807) is 0 Å². The van der Waals surface area contributed by atoms with Crippen LogP contribution < -0.4 is 10.2 Å². The van der Waals surface area contributed by atoms with Crippen molar-refractivity contribution in [1.82, 2.24) is 20.3 Å². The number of rotatable bonds is 4. The predicted molar refractivity (Wildman–Crippen MR) is 97.5 cm³/mol. The first kappa shape index (κ1) is 16.8. The number of amides is 1. The van der Waals surface area contributed by atoms with Crippen molar-refractivity contribution in [3.8, 4) is 0 Å². The van der Waals surface area contributed by atoms with Gasteiger partial charge < -0.3 is 19.6 Å². The summed E-state index contributed by atoms with van der Waals surface area (Å²) in [7, 11) is 0. The molecule has 0 radical (unpaired) electrons. The van der Waals surface area contributed by atoms with Gasteiger partial charge in [-0.1, -0.05) is 5.16 Å². The van der Waals surface area contributed by atoms with E-state index < -0.39 is 0 Å². The minimum Gasteiger partial charge on any atom is -0.369 e. The number of carbonyl (C=O) groups excluding carboxylic acids is 1. The van der Waals surface area contributed by atoms with Crippen LogP contribution in [0.3, 0.4) is 0 Å². The number of carbonyl (C=O) groups is 1. The molecule has 3 heterocycles. The van der Waals surface area contributed by atoms with Gasteiger partial charge in [0, 0.05) is 44.7 Å². The topological polar surface area (TPSA) is 87.4 Å². The molecule has 1 fully saturated rings. The van der Waals surface area contributed by atoms with Crippen molar-refractivity contribution in [2.24, 2.45) is 0 Å². The number of hydrogen-bond donors (Lipinski definition) is 1. The summed E-state index contributed by atoms with van der Waals surface area (Å²) < 4.78 is 5.39.